The summed E-state index contributed by atoms with van der Waals surface area (Å²) in [5.74, 6) is -0.200. The van der Waals surface area contributed by atoms with Gasteiger partial charge in [0.15, 0.2) is 0 Å². The second kappa shape index (κ2) is 8.97. The van der Waals surface area contributed by atoms with E-state index < -0.39 is 10.0 Å². The molecule has 0 aliphatic carbocycles. The third kappa shape index (κ3) is 5.06. The number of benzene rings is 2. The topological polar surface area (TPSA) is 79.4 Å². The van der Waals surface area contributed by atoms with Crippen LogP contribution in [0.15, 0.2) is 52.7 Å². The van der Waals surface area contributed by atoms with Crippen molar-refractivity contribution in [3.05, 3.63) is 75.2 Å². The van der Waals surface area contributed by atoms with Gasteiger partial charge in [-0.3, -0.25) is 9.52 Å². The highest BCUT2D eigenvalue weighted by Gasteiger charge is 2.19. The van der Waals surface area contributed by atoms with E-state index in [0.29, 0.717) is 23.4 Å². The van der Waals surface area contributed by atoms with E-state index in [9.17, 15) is 13.2 Å². The number of anilines is 1. The molecule has 3 rings (SSSR count). The van der Waals surface area contributed by atoms with E-state index in [-0.39, 0.29) is 10.8 Å². The molecule has 6 nitrogen and oxygen atoms in total. The molecular formula is C22H25N3O3S2. The summed E-state index contributed by atoms with van der Waals surface area (Å²) in [7, 11) is -2.05. The normalized spacial score (nSPS) is 11.3. The van der Waals surface area contributed by atoms with Crippen LogP contribution in [-0.2, 0) is 23.0 Å². The minimum Gasteiger partial charge on any atom is -0.336 e. The number of rotatable bonds is 7. The van der Waals surface area contributed by atoms with Gasteiger partial charge < -0.3 is 4.90 Å². The number of thiazole rings is 1. The van der Waals surface area contributed by atoms with Crippen LogP contribution in [0.5, 0.6) is 0 Å². The molecule has 0 saturated carbocycles. The molecule has 0 unspecified atom stereocenters. The Kier molecular flexibility index (Phi) is 6.58. The Morgan fingerprint density at radius 2 is 1.93 bits per heavy atom. The zero-order valence-corrected chi connectivity index (χ0v) is 19.1. The first-order valence-corrected chi connectivity index (χ1v) is 11.9. The van der Waals surface area contributed by atoms with Gasteiger partial charge in [-0.25, -0.2) is 13.4 Å². The number of hydrogen-bond acceptors (Lipinski definition) is 5. The third-order valence-corrected chi connectivity index (χ3v) is 7.21. The van der Waals surface area contributed by atoms with Crippen molar-refractivity contribution in [1.82, 2.24) is 9.88 Å². The lowest BCUT2D eigenvalue weighted by Gasteiger charge is -2.17. The minimum absolute atomic E-state index is 0.200. The fourth-order valence-electron chi connectivity index (χ4n) is 3.04. The van der Waals surface area contributed by atoms with Crippen LogP contribution in [0.1, 0.15) is 39.1 Å². The number of carbonyl (C=O) groups is 1. The molecule has 2 aromatic carbocycles. The molecule has 0 aliphatic rings. The molecule has 1 heterocycles. The maximum absolute atomic E-state index is 12.8. The first-order chi connectivity index (χ1) is 14.2. The number of hydrogen-bond donors (Lipinski definition) is 1. The molecule has 0 fully saturated rings. The number of nitrogens with one attached hydrogen (secondary N) is 1. The molecule has 0 radical (unpaired) electrons. The number of amides is 1. The highest BCUT2D eigenvalue weighted by Crippen LogP contribution is 2.22. The van der Waals surface area contributed by atoms with Crippen molar-refractivity contribution >= 4 is 33.0 Å². The van der Waals surface area contributed by atoms with E-state index >= 15 is 0 Å². The summed E-state index contributed by atoms with van der Waals surface area (Å²) in [6.45, 7) is 6.04. The maximum atomic E-state index is 12.8. The number of aromatic nitrogens is 1. The second-order valence-electron chi connectivity index (χ2n) is 7.20. The Bertz CT molecular complexity index is 1170. The van der Waals surface area contributed by atoms with Crippen molar-refractivity contribution in [1.29, 1.82) is 0 Å². The van der Waals surface area contributed by atoms with Gasteiger partial charge >= 0.3 is 0 Å². The van der Waals surface area contributed by atoms with Crippen LogP contribution in [-0.4, -0.2) is 31.3 Å². The van der Waals surface area contributed by atoms with Gasteiger partial charge in [-0.1, -0.05) is 25.1 Å². The summed E-state index contributed by atoms with van der Waals surface area (Å²) in [5.41, 5.74) is 3.12. The minimum atomic E-state index is -3.76. The lowest BCUT2D eigenvalue weighted by molar-refractivity contribution is 0.0783. The molecule has 1 N–H and O–H groups in total. The van der Waals surface area contributed by atoms with E-state index in [1.54, 1.807) is 66.6 Å². The molecule has 158 valence electrons. The van der Waals surface area contributed by atoms with Crippen LogP contribution in [0.3, 0.4) is 0 Å². The molecule has 3 aromatic rings. The Labute approximate surface area is 181 Å². The monoisotopic (exact) mass is 443 g/mol. The Morgan fingerprint density at radius 3 is 2.63 bits per heavy atom. The largest absolute Gasteiger partial charge is 0.336 e. The van der Waals surface area contributed by atoms with Crippen LogP contribution >= 0.6 is 11.3 Å². The lowest BCUT2D eigenvalue weighted by atomic mass is 10.2. The van der Waals surface area contributed by atoms with Crippen molar-refractivity contribution in [2.45, 2.75) is 38.6 Å². The lowest BCUT2D eigenvalue weighted by Crippen LogP contribution is -2.26. The maximum Gasteiger partial charge on any atom is 0.262 e. The zero-order valence-electron chi connectivity index (χ0n) is 17.5. The van der Waals surface area contributed by atoms with Crippen LogP contribution < -0.4 is 4.72 Å². The molecule has 30 heavy (non-hydrogen) atoms. The number of aryl methyl sites for hydroxylation is 3. The van der Waals surface area contributed by atoms with Crippen LogP contribution in [0, 0.1) is 13.8 Å². The van der Waals surface area contributed by atoms with Gasteiger partial charge in [0.05, 0.1) is 22.1 Å². The Morgan fingerprint density at radius 1 is 1.17 bits per heavy atom. The zero-order chi connectivity index (χ0) is 21.9. The summed E-state index contributed by atoms with van der Waals surface area (Å²) in [4.78, 5) is 19.1. The van der Waals surface area contributed by atoms with Crippen LogP contribution in [0.2, 0.25) is 0 Å². The van der Waals surface area contributed by atoms with E-state index in [2.05, 4.69) is 9.71 Å². The second-order valence-corrected chi connectivity index (χ2v) is 9.80. The van der Waals surface area contributed by atoms with E-state index in [1.807, 2.05) is 25.3 Å². The molecule has 0 spiro atoms. The van der Waals surface area contributed by atoms with Gasteiger partial charge in [0, 0.05) is 23.7 Å². The predicted molar refractivity (Wildman–Crippen MR) is 120 cm³/mol. The molecule has 8 heteroatoms. The van der Waals surface area contributed by atoms with Gasteiger partial charge in [-0.2, -0.15) is 0 Å². The SMILES string of the molecule is CCc1nc(CN(C)C(=O)c2cccc(NS(=O)(=O)c3cc(C)ccc3C)c2)cs1. The Balaban J connectivity index is 1.78. The predicted octanol–water partition coefficient (Wildman–Crippen LogP) is 4.40. The van der Waals surface area contributed by atoms with Gasteiger partial charge in [-0.15, -0.1) is 11.3 Å². The van der Waals surface area contributed by atoms with Gasteiger partial charge in [0.2, 0.25) is 0 Å². The summed E-state index contributed by atoms with van der Waals surface area (Å²) < 4.78 is 28.3. The van der Waals surface area contributed by atoms with Gasteiger partial charge in [0.1, 0.15) is 0 Å². The fraction of sp³-hybridized carbons (Fsp3) is 0.273. The molecule has 0 saturated heterocycles. The molecule has 0 bridgehead atoms. The van der Waals surface area contributed by atoms with Gasteiger partial charge in [0.25, 0.3) is 15.9 Å². The third-order valence-electron chi connectivity index (χ3n) is 4.64. The van der Waals surface area contributed by atoms with Crippen LogP contribution in [0.25, 0.3) is 0 Å². The first-order valence-electron chi connectivity index (χ1n) is 9.58. The number of carbonyl (C=O) groups excluding carboxylic acids is 1. The van der Waals surface area contributed by atoms with Crippen molar-refractivity contribution in [3.8, 4) is 0 Å². The van der Waals surface area contributed by atoms with Crippen molar-refractivity contribution in [2.75, 3.05) is 11.8 Å². The average molecular weight is 444 g/mol. The first kappa shape index (κ1) is 22.0. The van der Waals surface area contributed by atoms with Crippen molar-refractivity contribution < 1.29 is 13.2 Å². The summed E-state index contributed by atoms with van der Waals surface area (Å²) >= 11 is 1.58. The molecule has 1 amide bonds. The van der Waals surface area contributed by atoms with Gasteiger partial charge in [-0.05, 0) is 55.7 Å². The molecule has 0 aliphatic heterocycles. The Hall–Kier alpha value is -2.71. The molecule has 1 aromatic heterocycles. The van der Waals surface area contributed by atoms with Crippen molar-refractivity contribution in [2.24, 2.45) is 0 Å². The van der Waals surface area contributed by atoms with Crippen LogP contribution in [0.4, 0.5) is 5.69 Å². The summed E-state index contributed by atoms with van der Waals surface area (Å²) in [6, 6.07) is 11.8. The smallest absolute Gasteiger partial charge is 0.262 e. The van der Waals surface area contributed by atoms with E-state index in [0.717, 1.165) is 22.7 Å². The summed E-state index contributed by atoms with van der Waals surface area (Å²) in [5, 5.41) is 2.99. The van der Waals surface area contributed by atoms with E-state index in [4.69, 9.17) is 0 Å². The van der Waals surface area contributed by atoms with E-state index in [1.165, 1.54) is 0 Å². The highest BCUT2D eigenvalue weighted by atomic mass is 32.2. The fourth-order valence-corrected chi connectivity index (χ4v) is 5.16. The molecular weight excluding hydrogens is 418 g/mol. The average Bonchev–Trinajstić information content (AvgIpc) is 3.16. The molecule has 0 atom stereocenters. The summed E-state index contributed by atoms with van der Waals surface area (Å²) in [6.07, 6.45) is 0.866. The number of nitrogens with zero attached hydrogens (tertiary/aromatic N) is 2. The number of sulfonamides is 1. The standard InChI is InChI=1S/C22H25N3O3S2/c1-5-21-23-19(14-29-21)13-25(4)22(26)17-7-6-8-18(12-17)24-30(27,28)20-11-15(2)9-10-16(20)3/h6-12,14,24H,5,13H2,1-4H3. The highest BCUT2D eigenvalue weighted by molar-refractivity contribution is 7.92. The van der Waals surface area contributed by atoms with Crippen molar-refractivity contribution in [3.63, 3.8) is 0 Å². The quantitative estimate of drug-likeness (QED) is 0.587.